The van der Waals surface area contributed by atoms with E-state index < -0.39 is 10.0 Å². The van der Waals surface area contributed by atoms with Gasteiger partial charge in [-0.25, -0.2) is 8.42 Å². The van der Waals surface area contributed by atoms with Crippen molar-refractivity contribution in [1.82, 2.24) is 5.32 Å². The zero-order chi connectivity index (χ0) is 23.3. The lowest BCUT2D eigenvalue weighted by molar-refractivity contribution is 0.0953. The number of carbonyl (C=O) groups excluding carboxylic acids is 1. The average Bonchev–Trinajstić information content (AvgIpc) is 2.73. The summed E-state index contributed by atoms with van der Waals surface area (Å²) < 4.78 is 28.7. The molecular formula is C26H30N2O3S. The first-order chi connectivity index (χ1) is 15.2. The Bertz CT molecular complexity index is 1230. The van der Waals surface area contributed by atoms with Crippen LogP contribution in [0.1, 0.15) is 44.6 Å². The number of sulfonamides is 1. The van der Waals surface area contributed by atoms with Crippen molar-refractivity contribution in [2.24, 2.45) is 0 Å². The number of aryl methyl sites for hydroxylation is 5. The predicted octanol–water partition coefficient (Wildman–Crippen LogP) is 5.08. The summed E-state index contributed by atoms with van der Waals surface area (Å²) in [6.07, 6.45) is 1.68. The van der Waals surface area contributed by atoms with Gasteiger partial charge in [0.05, 0.1) is 10.6 Å². The van der Waals surface area contributed by atoms with Crippen LogP contribution in [0.3, 0.4) is 0 Å². The van der Waals surface area contributed by atoms with Crippen LogP contribution in [0, 0.1) is 27.7 Å². The van der Waals surface area contributed by atoms with E-state index in [1.165, 1.54) is 17.2 Å². The third-order valence-electron chi connectivity index (χ3n) is 5.38. The summed E-state index contributed by atoms with van der Waals surface area (Å²) in [6, 6.07) is 18.6. The molecule has 6 heteroatoms. The van der Waals surface area contributed by atoms with E-state index in [0.717, 1.165) is 24.0 Å². The molecule has 168 valence electrons. The Morgan fingerprint density at radius 2 is 1.59 bits per heavy atom. The average molecular weight is 451 g/mol. The topological polar surface area (TPSA) is 75.3 Å². The maximum atomic E-state index is 13.0. The summed E-state index contributed by atoms with van der Waals surface area (Å²) >= 11 is 0. The van der Waals surface area contributed by atoms with Crippen LogP contribution < -0.4 is 10.0 Å². The fraction of sp³-hybridized carbons (Fsp3) is 0.269. The minimum absolute atomic E-state index is 0.102. The van der Waals surface area contributed by atoms with Crippen molar-refractivity contribution in [2.45, 2.75) is 45.4 Å². The Labute approximate surface area is 190 Å². The zero-order valence-corrected chi connectivity index (χ0v) is 19.8. The molecule has 0 saturated carbocycles. The summed E-state index contributed by atoms with van der Waals surface area (Å²) in [5, 5.41) is 2.89. The molecule has 0 aliphatic rings. The molecule has 1 amide bonds. The minimum Gasteiger partial charge on any atom is -0.352 e. The summed E-state index contributed by atoms with van der Waals surface area (Å²) in [4.78, 5) is 12.7. The molecule has 0 spiro atoms. The Balaban J connectivity index is 1.68. The molecular weight excluding hydrogens is 420 g/mol. The molecule has 0 saturated heterocycles. The summed E-state index contributed by atoms with van der Waals surface area (Å²) in [5.74, 6) is -0.280. The number of rotatable bonds is 8. The van der Waals surface area contributed by atoms with E-state index in [4.69, 9.17) is 0 Å². The molecule has 0 fully saturated rings. The highest BCUT2D eigenvalue weighted by Crippen LogP contribution is 2.23. The van der Waals surface area contributed by atoms with Gasteiger partial charge in [-0.05, 0) is 75.4 Å². The first kappa shape index (κ1) is 23.5. The summed E-state index contributed by atoms with van der Waals surface area (Å²) in [5.41, 5.74) is 5.79. The standard InChI is InChI=1S/C26H30N2O3S/c1-18-7-5-8-22(16-18)9-6-14-27-26(29)23-12-11-20(3)25(17-23)32(30,31)28-24-13-10-19(2)15-21(24)4/h5,7-8,10-13,15-17,28H,6,9,14H2,1-4H3,(H,27,29). The SMILES string of the molecule is Cc1cccc(CCCNC(=O)c2ccc(C)c(S(=O)(=O)Nc3ccc(C)cc3C)c2)c1. The van der Waals surface area contributed by atoms with Gasteiger partial charge in [0.15, 0.2) is 0 Å². The van der Waals surface area contributed by atoms with Crippen LogP contribution in [0.2, 0.25) is 0 Å². The van der Waals surface area contributed by atoms with Crippen molar-refractivity contribution < 1.29 is 13.2 Å². The molecule has 0 radical (unpaired) electrons. The maximum absolute atomic E-state index is 13.0. The van der Waals surface area contributed by atoms with Crippen LogP contribution in [0.15, 0.2) is 65.6 Å². The Hall–Kier alpha value is -3.12. The molecule has 0 aliphatic heterocycles. The molecule has 3 aromatic rings. The van der Waals surface area contributed by atoms with E-state index in [0.29, 0.717) is 23.4 Å². The van der Waals surface area contributed by atoms with Crippen molar-refractivity contribution in [1.29, 1.82) is 0 Å². The second-order valence-corrected chi connectivity index (χ2v) is 9.90. The van der Waals surface area contributed by atoms with Crippen LogP contribution in [-0.4, -0.2) is 20.9 Å². The smallest absolute Gasteiger partial charge is 0.262 e. The molecule has 5 nitrogen and oxygen atoms in total. The van der Waals surface area contributed by atoms with Gasteiger partial charge in [0.1, 0.15) is 0 Å². The van der Waals surface area contributed by atoms with Gasteiger partial charge in [0.25, 0.3) is 15.9 Å². The third kappa shape index (κ3) is 5.98. The Morgan fingerprint density at radius 1 is 0.844 bits per heavy atom. The van der Waals surface area contributed by atoms with Gasteiger partial charge >= 0.3 is 0 Å². The largest absolute Gasteiger partial charge is 0.352 e. The Morgan fingerprint density at radius 3 is 2.31 bits per heavy atom. The Kier molecular flexibility index (Phi) is 7.36. The number of carbonyl (C=O) groups is 1. The molecule has 3 rings (SSSR count). The maximum Gasteiger partial charge on any atom is 0.262 e. The van der Waals surface area contributed by atoms with Gasteiger partial charge in [0.2, 0.25) is 0 Å². The number of hydrogen-bond acceptors (Lipinski definition) is 3. The van der Waals surface area contributed by atoms with Gasteiger partial charge in [0, 0.05) is 12.1 Å². The molecule has 2 N–H and O–H groups in total. The highest BCUT2D eigenvalue weighted by molar-refractivity contribution is 7.92. The highest BCUT2D eigenvalue weighted by Gasteiger charge is 2.20. The van der Waals surface area contributed by atoms with Gasteiger partial charge < -0.3 is 5.32 Å². The molecule has 0 atom stereocenters. The zero-order valence-electron chi connectivity index (χ0n) is 19.0. The normalized spacial score (nSPS) is 11.2. The number of hydrogen-bond donors (Lipinski definition) is 2. The van der Waals surface area contributed by atoms with Crippen molar-refractivity contribution in [3.63, 3.8) is 0 Å². The number of amides is 1. The van der Waals surface area contributed by atoms with E-state index in [1.54, 1.807) is 25.1 Å². The lowest BCUT2D eigenvalue weighted by atomic mass is 10.1. The lowest BCUT2D eigenvalue weighted by Gasteiger charge is -2.14. The van der Waals surface area contributed by atoms with Gasteiger partial charge in [-0.15, -0.1) is 0 Å². The predicted molar refractivity (Wildman–Crippen MR) is 130 cm³/mol. The van der Waals surface area contributed by atoms with E-state index in [9.17, 15) is 13.2 Å². The third-order valence-corrected chi connectivity index (χ3v) is 6.88. The van der Waals surface area contributed by atoms with E-state index >= 15 is 0 Å². The molecule has 0 aromatic heterocycles. The fourth-order valence-electron chi connectivity index (χ4n) is 3.62. The van der Waals surface area contributed by atoms with Crippen LogP contribution in [0.4, 0.5) is 5.69 Å². The molecule has 32 heavy (non-hydrogen) atoms. The van der Waals surface area contributed by atoms with Crippen molar-refractivity contribution in [3.05, 3.63) is 94.0 Å². The molecule has 0 bridgehead atoms. The monoisotopic (exact) mass is 450 g/mol. The van der Waals surface area contributed by atoms with E-state index in [-0.39, 0.29) is 10.8 Å². The quantitative estimate of drug-likeness (QED) is 0.470. The molecule has 0 heterocycles. The second-order valence-electron chi connectivity index (χ2n) is 8.25. The van der Waals surface area contributed by atoms with Gasteiger partial charge in [-0.2, -0.15) is 0 Å². The van der Waals surface area contributed by atoms with Gasteiger partial charge in [-0.1, -0.05) is 53.6 Å². The minimum atomic E-state index is -3.83. The fourth-order valence-corrected chi connectivity index (χ4v) is 5.03. The number of benzene rings is 3. The van der Waals surface area contributed by atoms with Crippen molar-refractivity contribution in [2.75, 3.05) is 11.3 Å². The number of anilines is 1. The van der Waals surface area contributed by atoms with E-state index in [1.807, 2.05) is 32.0 Å². The lowest BCUT2D eigenvalue weighted by Crippen LogP contribution is -2.25. The van der Waals surface area contributed by atoms with Crippen molar-refractivity contribution in [3.8, 4) is 0 Å². The van der Waals surface area contributed by atoms with Gasteiger partial charge in [-0.3, -0.25) is 9.52 Å². The molecule has 0 unspecified atom stereocenters. The number of nitrogens with one attached hydrogen (secondary N) is 2. The van der Waals surface area contributed by atoms with Crippen LogP contribution in [0.5, 0.6) is 0 Å². The van der Waals surface area contributed by atoms with E-state index in [2.05, 4.69) is 35.2 Å². The second kappa shape index (κ2) is 10.0. The van der Waals surface area contributed by atoms with Crippen LogP contribution in [0.25, 0.3) is 0 Å². The summed E-state index contributed by atoms with van der Waals surface area (Å²) in [7, 11) is -3.83. The van der Waals surface area contributed by atoms with Crippen molar-refractivity contribution >= 4 is 21.6 Å². The molecule has 3 aromatic carbocycles. The molecule has 0 aliphatic carbocycles. The first-order valence-electron chi connectivity index (χ1n) is 10.7. The van der Waals surface area contributed by atoms with Crippen LogP contribution in [-0.2, 0) is 16.4 Å². The highest BCUT2D eigenvalue weighted by atomic mass is 32.2. The summed E-state index contributed by atoms with van der Waals surface area (Å²) in [6.45, 7) is 8.11. The van der Waals surface area contributed by atoms with Crippen LogP contribution >= 0.6 is 0 Å². The first-order valence-corrected chi connectivity index (χ1v) is 12.2.